The maximum atomic E-state index is 11.9. The van der Waals surface area contributed by atoms with Crippen molar-refractivity contribution >= 4 is 27.8 Å². The Bertz CT molecular complexity index is 1120. The van der Waals surface area contributed by atoms with Crippen LogP contribution in [0.3, 0.4) is 0 Å². The largest absolute Gasteiger partial charge is 0.491 e. The van der Waals surface area contributed by atoms with Crippen molar-refractivity contribution in [2.45, 2.75) is 12.6 Å². The zero-order valence-electron chi connectivity index (χ0n) is 15.5. The van der Waals surface area contributed by atoms with Crippen molar-refractivity contribution in [2.24, 2.45) is 0 Å². The third-order valence-corrected chi connectivity index (χ3v) is 4.77. The lowest BCUT2D eigenvalue weighted by Gasteiger charge is -2.15. The molecule has 0 saturated heterocycles. The van der Waals surface area contributed by atoms with E-state index in [0.717, 1.165) is 27.6 Å². The molecule has 0 saturated carbocycles. The lowest BCUT2D eigenvalue weighted by Crippen LogP contribution is -2.23. The van der Waals surface area contributed by atoms with E-state index in [1.807, 2.05) is 66.7 Å². The molecule has 1 N–H and O–H groups in total. The Balaban J connectivity index is 1.66. The Morgan fingerprint density at radius 1 is 0.964 bits per heavy atom. The summed E-state index contributed by atoms with van der Waals surface area (Å²) in [5.74, 6) is 0.363. The molecule has 4 rings (SSSR count). The van der Waals surface area contributed by atoms with E-state index in [4.69, 9.17) is 9.47 Å². The minimum Gasteiger partial charge on any atom is -0.491 e. The number of esters is 1. The van der Waals surface area contributed by atoms with E-state index in [2.05, 4.69) is 4.57 Å². The second-order valence-corrected chi connectivity index (χ2v) is 6.63. The summed E-state index contributed by atoms with van der Waals surface area (Å²) in [4.78, 5) is 11.9. The van der Waals surface area contributed by atoms with Crippen LogP contribution in [-0.2, 0) is 11.3 Å². The van der Waals surface area contributed by atoms with Crippen molar-refractivity contribution in [3.05, 3.63) is 78.4 Å². The second kappa shape index (κ2) is 7.74. The maximum absolute atomic E-state index is 11.9. The van der Waals surface area contributed by atoms with Gasteiger partial charge in [0.15, 0.2) is 0 Å². The van der Waals surface area contributed by atoms with Crippen LogP contribution in [0.2, 0.25) is 0 Å². The molecule has 0 aliphatic carbocycles. The molecule has 0 aliphatic rings. The number of aromatic nitrogens is 1. The molecule has 1 aromatic heterocycles. The highest BCUT2D eigenvalue weighted by atomic mass is 16.5. The number of para-hydroxylation sites is 2. The monoisotopic (exact) mass is 375 g/mol. The summed E-state index contributed by atoms with van der Waals surface area (Å²) in [6.45, 7) is 0.576. The molecule has 28 heavy (non-hydrogen) atoms. The molecule has 0 spiro atoms. The van der Waals surface area contributed by atoms with Crippen LogP contribution in [0, 0.1) is 0 Å². The van der Waals surface area contributed by atoms with Crippen molar-refractivity contribution in [3.63, 3.8) is 0 Å². The Hall–Kier alpha value is -3.31. The molecule has 0 aliphatic heterocycles. The number of benzene rings is 3. The molecule has 0 amide bonds. The van der Waals surface area contributed by atoms with Gasteiger partial charge in [0, 0.05) is 21.8 Å². The Morgan fingerprint density at radius 2 is 1.68 bits per heavy atom. The molecule has 3 aromatic carbocycles. The average Bonchev–Trinajstić information content (AvgIpc) is 3.05. The molecule has 4 aromatic rings. The fraction of sp³-hybridized carbons (Fsp3) is 0.174. The number of nitrogens with zero attached hydrogens (tertiary/aromatic N) is 1. The van der Waals surface area contributed by atoms with E-state index in [9.17, 15) is 9.90 Å². The standard InChI is InChI=1S/C23H21NO4/c1-27-23(26)16-11-12-22-20(13-16)19-9-5-6-10-21(19)24(22)14-17(25)15-28-18-7-3-2-4-8-18/h2-13,17,25H,14-15H2,1H3. The zero-order chi connectivity index (χ0) is 19.5. The van der Waals surface area contributed by atoms with Crippen molar-refractivity contribution < 1.29 is 19.4 Å². The van der Waals surface area contributed by atoms with Gasteiger partial charge in [-0.1, -0.05) is 36.4 Å². The van der Waals surface area contributed by atoms with E-state index >= 15 is 0 Å². The third-order valence-electron chi connectivity index (χ3n) is 4.77. The predicted octanol–water partition coefficient (Wildman–Crippen LogP) is 4.02. The summed E-state index contributed by atoms with van der Waals surface area (Å²) < 4.78 is 12.6. The van der Waals surface area contributed by atoms with Crippen LogP contribution in [0.5, 0.6) is 5.75 Å². The van der Waals surface area contributed by atoms with Crippen molar-refractivity contribution in [1.82, 2.24) is 4.57 Å². The minimum atomic E-state index is -0.681. The fourth-order valence-corrected chi connectivity index (χ4v) is 3.47. The van der Waals surface area contributed by atoms with Gasteiger partial charge in [-0.3, -0.25) is 0 Å². The van der Waals surface area contributed by atoms with Crippen molar-refractivity contribution in [2.75, 3.05) is 13.7 Å². The number of aliphatic hydroxyl groups is 1. The first-order valence-electron chi connectivity index (χ1n) is 9.12. The van der Waals surface area contributed by atoms with Crippen molar-refractivity contribution in [3.8, 4) is 5.75 Å². The summed E-state index contributed by atoms with van der Waals surface area (Å²) >= 11 is 0. The molecular weight excluding hydrogens is 354 g/mol. The highest BCUT2D eigenvalue weighted by Gasteiger charge is 2.16. The minimum absolute atomic E-state index is 0.193. The highest BCUT2D eigenvalue weighted by molar-refractivity contribution is 6.10. The Kier molecular flexibility index (Phi) is 5.00. The lowest BCUT2D eigenvalue weighted by molar-refractivity contribution is 0.0601. The summed E-state index contributed by atoms with van der Waals surface area (Å²) in [6, 6.07) is 22.9. The van der Waals surface area contributed by atoms with E-state index in [-0.39, 0.29) is 12.6 Å². The Morgan fingerprint density at radius 3 is 2.46 bits per heavy atom. The molecule has 5 nitrogen and oxygen atoms in total. The molecule has 5 heteroatoms. The average molecular weight is 375 g/mol. The number of hydrogen-bond donors (Lipinski definition) is 1. The van der Waals surface area contributed by atoms with Gasteiger partial charge in [-0.2, -0.15) is 0 Å². The lowest BCUT2D eigenvalue weighted by atomic mass is 10.1. The number of rotatable bonds is 6. The number of ether oxygens (including phenoxy) is 2. The van der Waals surface area contributed by atoms with Gasteiger partial charge in [-0.05, 0) is 36.4 Å². The molecular formula is C23H21NO4. The first-order valence-corrected chi connectivity index (χ1v) is 9.12. The summed E-state index contributed by atoms with van der Waals surface area (Å²) in [5, 5.41) is 12.5. The molecule has 0 radical (unpaired) electrons. The summed E-state index contributed by atoms with van der Waals surface area (Å²) in [5.41, 5.74) is 2.46. The van der Waals surface area contributed by atoms with Crippen LogP contribution in [0.15, 0.2) is 72.8 Å². The number of aliphatic hydroxyl groups excluding tert-OH is 1. The van der Waals surface area contributed by atoms with Crippen LogP contribution in [0.4, 0.5) is 0 Å². The fourth-order valence-electron chi connectivity index (χ4n) is 3.47. The first-order chi connectivity index (χ1) is 13.7. The third kappa shape index (κ3) is 3.44. The van der Waals surface area contributed by atoms with Gasteiger partial charge in [0.25, 0.3) is 0 Å². The van der Waals surface area contributed by atoms with Gasteiger partial charge in [-0.25, -0.2) is 4.79 Å². The predicted molar refractivity (Wildman–Crippen MR) is 109 cm³/mol. The number of fused-ring (bicyclic) bond motifs is 3. The number of methoxy groups -OCH3 is 1. The quantitative estimate of drug-likeness (QED) is 0.517. The van der Waals surface area contributed by atoms with Crippen molar-refractivity contribution in [1.29, 1.82) is 0 Å². The second-order valence-electron chi connectivity index (χ2n) is 6.63. The first kappa shape index (κ1) is 18.1. The summed E-state index contributed by atoms with van der Waals surface area (Å²) in [7, 11) is 1.37. The molecule has 0 bridgehead atoms. The zero-order valence-corrected chi connectivity index (χ0v) is 15.5. The van der Waals surface area contributed by atoms with Gasteiger partial charge >= 0.3 is 5.97 Å². The highest BCUT2D eigenvalue weighted by Crippen LogP contribution is 2.30. The molecule has 142 valence electrons. The number of hydrogen-bond acceptors (Lipinski definition) is 4. The molecule has 0 fully saturated rings. The SMILES string of the molecule is COC(=O)c1ccc2c(c1)c1ccccc1n2CC(O)COc1ccccc1. The van der Waals surface area contributed by atoms with Crippen LogP contribution < -0.4 is 4.74 Å². The number of carbonyl (C=O) groups is 1. The number of carbonyl (C=O) groups excluding carboxylic acids is 1. The van der Waals surface area contributed by atoms with Crippen LogP contribution >= 0.6 is 0 Å². The van der Waals surface area contributed by atoms with Gasteiger partial charge in [0.1, 0.15) is 18.5 Å². The molecule has 1 unspecified atom stereocenters. The normalized spacial score (nSPS) is 12.2. The van der Waals surface area contributed by atoms with E-state index in [1.165, 1.54) is 7.11 Å². The van der Waals surface area contributed by atoms with E-state index < -0.39 is 6.10 Å². The van der Waals surface area contributed by atoms with E-state index in [0.29, 0.717) is 12.1 Å². The summed E-state index contributed by atoms with van der Waals surface area (Å²) in [6.07, 6.45) is -0.681. The topological polar surface area (TPSA) is 60.7 Å². The van der Waals surface area contributed by atoms with Gasteiger partial charge in [-0.15, -0.1) is 0 Å². The van der Waals surface area contributed by atoms with E-state index in [1.54, 1.807) is 6.07 Å². The smallest absolute Gasteiger partial charge is 0.337 e. The maximum Gasteiger partial charge on any atom is 0.337 e. The Labute approximate surface area is 162 Å². The van der Waals surface area contributed by atoms with Crippen LogP contribution in [-0.4, -0.2) is 35.5 Å². The molecule has 1 atom stereocenters. The van der Waals surface area contributed by atoms with Crippen LogP contribution in [0.25, 0.3) is 21.8 Å². The van der Waals surface area contributed by atoms with Crippen LogP contribution in [0.1, 0.15) is 10.4 Å². The van der Waals surface area contributed by atoms with Gasteiger partial charge < -0.3 is 19.1 Å². The molecule has 1 heterocycles. The van der Waals surface area contributed by atoms with Gasteiger partial charge in [0.2, 0.25) is 0 Å². The van der Waals surface area contributed by atoms with Gasteiger partial charge in [0.05, 0.1) is 19.2 Å².